The summed E-state index contributed by atoms with van der Waals surface area (Å²) in [6.45, 7) is 0. The number of alkyl halides is 8. The van der Waals surface area contributed by atoms with E-state index >= 15 is 0 Å². The molecule has 0 saturated heterocycles. The maximum Gasteiger partial charge on any atom is 0.416 e. The molecular weight excluding hydrogens is 293 g/mol. The van der Waals surface area contributed by atoms with E-state index in [0.717, 1.165) is 0 Å². The SMILES string of the molecule is FC(F)(F)c1cc(C(Cl)Cl)cc(C(F)(F)F)c1. The van der Waals surface area contributed by atoms with E-state index in [4.69, 9.17) is 23.2 Å². The van der Waals surface area contributed by atoms with Crippen molar-refractivity contribution in [3.8, 4) is 0 Å². The molecule has 1 aromatic rings. The third-order valence-corrected chi connectivity index (χ3v) is 2.37. The van der Waals surface area contributed by atoms with Crippen LogP contribution >= 0.6 is 23.2 Å². The Kier molecular flexibility index (Phi) is 3.88. The maximum absolute atomic E-state index is 12.3. The molecule has 0 aliphatic heterocycles. The number of benzene rings is 1. The minimum atomic E-state index is -4.89. The smallest absolute Gasteiger partial charge is 0.166 e. The van der Waals surface area contributed by atoms with Crippen LogP contribution in [0.15, 0.2) is 18.2 Å². The van der Waals surface area contributed by atoms with E-state index in [1.54, 1.807) is 0 Å². The highest BCUT2D eigenvalue weighted by molar-refractivity contribution is 6.44. The molecule has 0 heterocycles. The van der Waals surface area contributed by atoms with Gasteiger partial charge in [0.15, 0.2) is 0 Å². The van der Waals surface area contributed by atoms with E-state index in [-0.39, 0.29) is 6.07 Å². The average Bonchev–Trinajstić information content (AvgIpc) is 2.14. The van der Waals surface area contributed by atoms with Crippen LogP contribution in [0.25, 0.3) is 0 Å². The predicted molar refractivity (Wildman–Crippen MR) is 50.9 cm³/mol. The fraction of sp³-hybridized carbons (Fsp3) is 0.333. The molecule has 0 saturated carbocycles. The van der Waals surface area contributed by atoms with E-state index in [9.17, 15) is 26.3 Å². The zero-order valence-electron chi connectivity index (χ0n) is 7.83. The molecule has 17 heavy (non-hydrogen) atoms. The topological polar surface area (TPSA) is 0 Å². The molecule has 96 valence electrons. The van der Waals surface area contributed by atoms with Gasteiger partial charge in [0.05, 0.1) is 11.1 Å². The minimum absolute atomic E-state index is 0.0135. The van der Waals surface area contributed by atoms with Crippen LogP contribution in [0.5, 0.6) is 0 Å². The molecule has 1 rings (SSSR count). The molecule has 0 atom stereocenters. The normalized spacial score (nSPS) is 13.2. The summed E-state index contributed by atoms with van der Waals surface area (Å²) >= 11 is 10.6. The van der Waals surface area contributed by atoms with Crippen molar-refractivity contribution < 1.29 is 26.3 Å². The molecule has 0 aromatic heterocycles. The van der Waals surface area contributed by atoms with Crippen LogP contribution in [0.3, 0.4) is 0 Å². The first-order valence-corrected chi connectivity index (χ1v) is 4.96. The summed E-state index contributed by atoms with van der Waals surface area (Å²) < 4.78 is 74.1. The molecule has 0 fully saturated rings. The van der Waals surface area contributed by atoms with Gasteiger partial charge in [0.1, 0.15) is 4.84 Å². The Labute approximate surface area is 102 Å². The Morgan fingerprint density at radius 2 is 1.12 bits per heavy atom. The number of hydrogen-bond acceptors (Lipinski definition) is 0. The Morgan fingerprint density at radius 3 is 1.35 bits per heavy atom. The molecule has 0 bridgehead atoms. The number of rotatable bonds is 1. The zero-order valence-corrected chi connectivity index (χ0v) is 9.34. The molecule has 0 N–H and O–H groups in total. The van der Waals surface area contributed by atoms with Crippen molar-refractivity contribution in [2.24, 2.45) is 0 Å². The van der Waals surface area contributed by atoms with Gasteiger partial charge in [-0.15, -0.1) is 23.2 Å². The van der Waals surface area contributed by atoms with Gasteiger partial charge < -0.3 is 0 Å². The van der Waals surface area contributed by atoms with Crippen molar-refractivity contribution in [3.63, 3.8) is 0 Å². The third kappa shape index (κ3) is 3.67. The van der Waals surface area contributed by atoms with Crippen molar-refractivity contribution in [2.75, 3.05) is 0 Å². The first kappa shape index (κ1) is 14.4. The van der Waals surface area contributed by atoms with Crippen molar-refractivity contribution in [1.29, 1.82) is 0 Å². The van der Waals surface area contributed by atoms with Gasteiger partial charge in [-0.05, 0) is 23.8 Å². The second-order valence-electron chi connectivity index (χ2n) is 3.14. The largest absolute Gasteiger partial charge is 0.416 e. The molecule has 0 nitrogen and oxygen atoms in total. The molecule has 0 unspecified atom stereocenters. The van der Waals surface area contributed by atoms with Gasteiger partial charge in [-0.1, -0.05) is 0 Å². The molecule has 0 aliphatic rings. The molecule has 0 spiro atoms. The standard InChI is InChI=1S/C9H4Cl2F6/c10-7(11)4-1-5(8(12,13)14)3-6(2-4)9(15,16)17/h1-3,7H. The number of halogens is 8. The summed E-state index contributed by atoms with van der Waals surface area (Å²) in [5, 5.41) is 0. The van der Waals surface area contributed by atoms with Gasteiger partial charge in [-0.3, -0.25) is 0 Å². The van der Waals surface area contributed by atoms with E-state index in [2.05, 4.69) is 0 Å². The van der Waals surface area contributed by atoms with Crippen LogP contribution in [0, 0.1) is 0 Å². The summed E-state index contributed by atoms with van der Waals surface area (Å²) in [5.41, 5.74) is -3.32. The van der Waals surface area contributed by atoms with E-state index in [0.29, 0.717) is 12.1 Å². The van der Waals surface area contributed by atoms with Crippen LogP contribution < -0.4 is 0 Å². The number of hydrogen-bond donors (Lipinski definition) is 0. The second kappa shape index (κ2) is 4.57. The van der Waals surface area contributed by atoms with Crippen LogP contribution in [0.4, 0.5) is 26.3 Å². The molecule has 0 amide bonds. The molecule has 1 aromatic carbocycles. The van der Waals surface area contributed by atoms with Crippen LogP contribution in [-0.2, 0) is 12.4 Å². The second-order valence-corrected chi connectivity index (χ2v) is 4.24. The Balaban J connectivity index is 3.40. The van der Waals surface area contributed by atoms with E-state index in [1.165, 1.54) is 0 Å². The minimum Gasteiger partial charge on any atom is -0.166 e. The van der Waals surface area contributed by atoms with Crippen LogP contribution in [0.1, 0.15) is 21.5 Å². The molecule has 8 heteroatoms. The van der Waals surface area contributed by atoms with Gasteiger partial charge in [0.2, 0.25) is 0 Å². The fourth-order valence-electron chi connectivity index (χ4n) is 1.10. The van der Waals surface area contributed by atoms with Gasteiger partial charge >= 0.3 is 12.4 Å². The Morgan fingerprint density at radius 1 is 0.765 bits per heavy atom. The lowest BCUT2D eigenvalue weighted by Gasteiger charge is -2.14. The van der Waals surface area contributed by atoms with Crippen LogP contribution in [0.2, 0.25) is 0 Å². The zero-order chi connectivity index (χ0) is 13.4. The Bertz CT molecular complexity index is 375. The van der Waals surface area contributed by atoms with Crippen molar-refractivity contribution in [3.05, 3.63) is 34.9 Å². The molecule has 0 aliphatic carbocycles. The quantitative estimate of drug-likeness (QED) is 0.493. The van der Waals surface area contributed by atoms with Crippen molar-refractivity contribution >= 4 is 23.2 Å². The fourth-order valence-corrected chi connectivity index (χ4v) is 1.36. The maximum atomic E-state index is 12.3. The first-order chi connectivity index (χ1) is 7.51. The Hall–Kier alpha value is -0.620. The van der Waals surface area contributed by atoms with Crippen molar-refractivity contribution in [1.82, 2.24) is 0 Å². The van der Waals surface area contributed by atoms with Gasteiger partial charge in [0, 0.05) is 0 Å². The van der Waals surface area contributed by atoms with Crippen LogP contribution in [-0.4, -0.2) is 0 Å². The van der Waals surface area contributed by atoms with E-state index < -0.39 is 33.9 Å². The predicted octanol–water partition coefficient (Wildman–Crippen LogP) is 5.20. The summed E-state index contributed by atoms with van der Waals surface area (Å²) in [4.78, 5) is -1.46. The third-order valence-electron chi connectivity index (χ3n) is 1.86. The van der Waals surface area contributed by atoms with Gasteiger partial charge in [-0.2, -0.15) is 26.3 Å². The van der Waals surface area contributed by atoms with Crippen molar-refractivity contribution in [2.45, 2.75) is 17.2 Å². The van der Waals surface area contributed by atoms with Gasteiger partial charge in [0.25, 0.3) is 0 Å². The summed E-state index contributed by atoms with van der Waals surface area (Å²) in [5.74, 6) is 0. The van der Waals surface area contributed by atoms with E-state index in [1.807, 2.05) is 0 Å². The summed E-state index contributed by atoms with van der Waals surface area (Å²) in [7, 11) is 0. The lowest BCUT2D eigenvalue weighted by atomic mass is 10.1. The highest BCUT2D eigenvalue weighted by atomic mass is 35.5. The first-order valence-electron chi connectivity index (χ1n) is 4.09. The average molecular weight is 297 g/mol. The monoisotopic (exact) mass is 296 g/mol. The highest BCUT2D eigenvalue weighted by Crippen LogP contribution is 2.38. The summed E-state index contributed by atoms with van der Waals surface area (Å²) in [6, 6.07) is 0.986. The summed E-state index contributed by atoms with van der Waals surface area (Å²) in [6.07, 6.45) is -9.78. The lowest BCUT2D eigenvalue weighted by molar-refractivity contribution is -0.143. The molecule has 0 radical (unpaired) electrons. The molecular formula is C9H4Cl2F6. The van der Waals surface area contributed by atoms with Gasteiger partial charge in [-0.25, -0.2) is 0 Å². The lowest BCUT2D eigenvalue weighted by Crippen LogP contribution is -2.11. The highest BCUT2D eigenvalue weighted by Gasteiger charge is 2.37.